The van der Waals surface area contributed by atoms with Crippen molar-refractivity contribution in [2.75, 3.05) is 5.75 Å². The largest absolute Gasteiger partial charge is 0.126 e. The Bertz CT molecular complexity index is 499. The van der Waals surface area contributed by atoms with Gasteiger partial charge in [-0.25, -0.2) is 0 Å². The molecular weight excluding hydrogens is 248 g/mol. The van der Waals surface area contributed by atoms with Crippen LogP contribution in [-0.4, -0.2) is 5.75 Å². The Morgan fingerprint density at radius 2 is 1.63 bits per heavy atom. The van der Waals surface area contributed by atoms with Crippen molar-refractivity contribution in [3.8, 4) is 0 Å². The third-order valence-corrected chi connectivity index (χ3v) is 4.32. The molecule has 0 saturated heterocycles. The highest BCUT2D eigenvalue weighted by Crippen LogP contribution is 2.20. The molecule has 2 aromatic carbocycles. The van der Waals surface area contributed by atoms with E-state index in [2.05, 4.69) is 62.4 Å². The molecule has 2 aromatic rings. The van der Waals surface area contributed by atoms with E-state index in [1.807, 2.05) is 11.8 Å². The number of benzene rings is 2. The molecule has 0 aliphatic heterocycles. The van der Waals surface area contributed by atoms with Gasteiger partial charge in [0.1, 0.15) is 0 Å². The van der Waals surface area contributed by atoms with Crippen LogP contribution < -0.4 is 0 Å². The molecule has 0 nitrogen and oxygen atoms in total. The Hall–Kier alpha value is -1.21. The van der Waals surface area contributed by atoms with Crippen LogP contribution >= 0.6 is 11.8 Å². The van der Waals surface area contributed by atoms with Gasteiger partial charge >= 0.3 is 0 Å². The highest BCUT2D eigenvalue weighted by molar-refractivity contribution is 7.99. The van der Waals surface area contributed by atoms with E-state index in [1.165, 1.54) is 46.6 Å². The second-order valence-corrected chi connectivity index (χ2v) is 6.28. The highest BCUT2D eigenvalue weighted by Gasteiger charge is 1.96. The van der Waals surface area contributed by atoms with Crippen molar-refractivity contribution in [2.45, 2.75) is 38.0 Å². The van der Waals surface area contributed by atoms with E-state index in [0.717, 1.165) is 0 Å². The van der Waals surface area contributed by atoms with Crippen LogP contribution in [0.1, 0.15) is 29.5 Å². The fraction of sp³-hybridized carbons (Fsp3) is 0.333. The molecule has 0 fully saturated rings. The normalized spacial score (nSPS) is 10.6. The van der Waals surface area contributed by atoms with Crippen LogP contribution in [0.4, 0.5) is 0 Å². The molecular formula is C18H22S. The average Bonchev–Trinajstić information content (AvgIpc) is 2.41. The summed E-state index contributed by atoms with van der Waals surface area (Å²) in [4.78, 5) is 1.40. The van der Waals surface area contributed by atoms with E-state index >= 15 is 0 Å². The van der Waals surface area contributed by atoms with Crippen LogP contribution in [0.25, 0.3) is 0 Å². The lowest BCUT2D eigenvalue weighted by atomic mass is 10.1. The summed E-state index contributed by atoms with van der Waals surface area (Å²) in [6.07, 6.45) is 3.77. The van der Waals surface area contributed by atoms with E-state index in [1.54, 1.807) is 0 Å². The van der Waals surface area contributed by atoms with Crippen molar-refractivity contribution >= 4 is 11.8 Å². The predicted molar refractivity (Wildman–Crippen MR) is 86.0 cm³/mol. The van der Waals surface area contributed by atoms with Crippen LogP contribution in [-0.2, 0) is 6.42 Å². The second-order valence-electron chi connectivity index (χ2n) is 5.11. The van der Waals surface area contributed by atoms with Gasteiger partial charge in [0.2, 0.25) is 0 Å². The Morgan fingerprint density at radius 1 is 0.842 bits per heavy atom. The van der Waals surface area contributed by atoms with Crippen molar-refractivity contribution in [3.63, 3.8) is 0 Å². The summed E-state index contributed by atoms with van der Waals surface area (Å²) in [5, 5.41) is 0. The maximum absolute atomic E-state index is 2.27. The fourth-order valence-electron chi connectivity index (χ4n) is 2.08. The zero-order chi connectivity index (χ0) is 13.5. The summed E-state index contributed by atoms with van der Waals surface area (Å²) >= 11 is 1.97. The van der Waals surface area contributed by atoms with E-state index in [4.69, 9.17) is 0 Å². The number of thioether (sulfide) groups is 1. The second kappa shape index (κ2) is 7.40. The van der Waals surface area contributed by atoms with Gasteiger partial charge in [0, 0.05) is 4.90 Å². The Kier molecular flexibility index (Phi) is 5.53. The monoisotopic (exact) mass is 270 g/mol. The van der Waals surface area contributed by atoms with Gasteiger partial charge in [-0.05, 0) is 56.6 Å². The third-order valence-electron chi connectivity index (χ3n) is 3.24. The summed E-state index contributed by atoms with van der Waals surface area (Å²) < 4.78 is 0. The molecule has 19 heavy (non-hydrogen) atoms. The van der Waals surface area contributed by atoms with Crippen molar-refractivity contribution < 1.29 is 0 Å². The zero-order valence-electron chi connectivity index (χ0n) is 11.9. The quantitative estimate of drug-likeness (QED) is 0.499. The highest BCUT2D eigenvalue weighted by atomic mass is 32.2. The van der Waals surface area contributed by atoms with Crippen LogP contribution in [0.15, 0.2) is 53.4 Å². The number of hydrogen-bond donors (Lipinski definition) is 0. The van der Waals surface area contributed by atoms with E-state index < -0.39 is 0 Å². The van der Waals surface area contributed by atoms with Crippen LogP contribution in [0.2, 0.25) is 0 Å². The maximum atomic E-state index is 2.27. The van der Waals surface area contributed by atoms with E-state index in [0.29, 0.717) is 0 Å². The first-order valence-electron chi connectivity index (χ1n) is 6.99. The first-order valence-corrected chi connectivity index (χ1v) is 7.97. The van der Waals surface area contributed by atoms with Crippen LogP contribution in [0.5, 0.6) is 0 Å². The average molecular weight is 270 g/mol. The Balaban J connectivity index is 1.66. The van der Waals surface area contributed by atoms with Gasteiger partial charge in [0.15, 0.2) is 0 Å². The molecule has 0 radical (unpaired) electrons. The third kappa shape index (κ3) is 5.12. The van der Waals surface area contributed by atoms with Gasteiger partial charge in [0.25, 0.3) is 0 Å². The van der Waals surface area contributed by atoms with E-state index in [9.17, 15) is 0 Å². The Labute approximate surface area is 121 Å². The van der Waals surface area contributed by atoms with E-state index in [-0.39, 0.29) is 0 Å². The number of rotatable bonds is 6. The predicted octanol–water partition coefficient (Wildman–Crippen LogP) is 5.42. The van der Waals surface area contributed by atoms with Gasteiger partial charge in [0.05, 0.1) is 0 Å². The maximum Gasteiger partial charge on any atom is 0.00745 e. The van der Waals surface area contributed by atoms with Crippen molar-refractivity contribution in [1.29, 1.82) is 0 Å². The molecule has 0 aliphatic rings. The number of unbranched alkanes of at least 4 members (excludes halogenated alkanes) is 1. The van der Waals surface area contributed by atoms with Crippen molar-refractivity contribution in [3.05, 3.63) is 65.2 Å². The first kappa shape index (κ1) is 14.2. The molecule has 100 valence electrons. The lowest BCUT2D eigenvalue weighted by molar-refractivity contribution is 0.802. The minimum atomic E-state index is 1.20. The molecule has 0 unspecified atom stereocenters. The molecule has 0 aliphatic carbocycles. The molecule has 0 bridgehead atoms. The van der Waals surface area contributed by atoms with Gasteiger partial charge in [-0.1, -0.05) is 47.5 Å². The minimum Gasteiger partial charge on any atom is -0.126 e. The summed E-state index contributed by atoms with van der Waals surface area (Å²) in [6.45, 7) is 4.30. The molecule has 0 atom stereocenters. The molecule has 0 amide bonds. The molecule has 2 rings (SSSR count). The molecule has 0 aromatic heterocycles. The smallest absolute Gasteiger partial charge is 0.00745 e. The lowest BCUT2D eigenvalue weighted by Crippen LogP contribution is -1.88. The number of hydrogen-bond acceptors (Lipinski definition) is 1. The topological polar surface area (TPSA) is 0 Å². The van der Waals surface area contributed by atoms with Crippen molar-refractivity contribution in [1.82, 2.24) is 0 Å². The summed E-state index contributed by atoms with van der Waals surface area (Å²) in [7, 11) is 0. The number of aryl methyl sites for hydroxylation is 3. The minimum absolute atomic E-state index is 1.20. The van der Waals surface area contributed by atoms with Gasteiger partial charge < -0.3 is 0 Å². The Morgan fingerprint density at radius 3 is 2.37 bits per heavy atom. The SMILES string of the molecule is Cc1ccc(CCCCSc2cccc(C)c2)cc1. The van der Waals surface area contributed by atoms with Gasteiger partial charge in [-0.3, -0.25) is 0 Å². The molecule has 0 heterocycles. The summed E-state index contributed by atoms with van der Waals surface area (Å²) in [5.74, 6) is 1.22. The first-order chi connectivity index (χ1) is 9.24. The lowest BCUT2D eigenvalue weighted by Gasteiger charge is -2.04. The standard InChI is InChI=1S/C18H22S/c1-15-9-11-17(12-10-15)7-3-4-13-19-18-8-5-6-16(2)14-18/h5-6,8-12,14H,3-4,7,13H2,1-2H3. The van der Waals surface area contributed by atoms with Crippen molar-refractivity contribution in [2.24, 2.45) is 0 Å². The zero-order valence-corrected chi connectivity index (χ0v) is 12.7. The summed E-state index contributed by atoms with van der Waals surface area (Å²) in [5.41, 5.74) is 4.16. The summed E-state index contributed by atoms with van der Waals surface area (Å²) in [6, 6.07) is 17.7. The van der Waals surface area contributed by atoms with Crippen LogP contribution in [0.3, 0.4) is 0 Å². The molecule has 0 spiro atoms. The van der Waals surface area contributed by atoms with Gasteiger partial charge in [-0.15, -0.1) is 11.8 Å². The molecule has 0 N–H and O–H groups in total. The molecule has 1 heteroatoms. The fourth-order valence-corrected chi connectivity index (χ4v) is 3.11. The molecule has 0 saturated carbocycles. The van der Waals surface area contributed by atoms with Crippen LogP contribution in [0, 0.1) is 13.8 Å². The van der Waals surface area contributed by atoms with Gasteiger partial charge in [-0.2, -0.15) is 0 Å².